The third-order valence-corrected chi connectivity index (χ3v) is 7.01. The fourth-order valence-electron chi connectivity index (χ4n) is 4.48. The maximum absolute atomic E-state index is 12.7. The Morgan fingerprint density at radius 3 is 3.00 bits per heavy atom. The number of aromatic amines is 1. The summed E-state index contributed by atoms with van der Waals surface area (Å²) in [5.41, 5.74) is 2.81. The molecule has 0 unspecified atom stereocenters. The number of thiophene rings is 1. The number of pyridine rings is 1. The quantitative estimate of drug-likeness (QED) is 0.665. The highest BCUT2D eigenvalue weighted by Crippen LogP contribution is 2.26. The highest BCUT2D eigenvalue weighted by molar-refractivity contribution is 7.10. The van der Waals surface area contributed by atoms with Crippen LogP contribution in [0.5, 0.6) is 0 Å². The SMILES string of the molecule is O=C(Cc1cccs1)N1CC[C@@H](c2nc3c(c(=O)[nH]2)CCN(Cc2cccnc2)C3)C1. The first kappa shape index (κ1) is 20.1. The summed E-state index contributed by atoms with van der Waals surface area (Å²) in [6, 6.07) is 7.98. The summed E-state index contributed by atoms with van der Waals surface area (Å²) in [6.07, 6.45) is 5.64. The predicted molar refractivity (Wildman–Crippen MR) is 119 cm³/mol. The molecule has 5 rings (SSSR count). The monoisotopic (exact) mass is 435 g/mol. The molecule has 8 heteroatoms. The Bertz CT molecular complexity index is 1110. The molecule has 31 heavy (non-hydrogen) atoms. The summed E-state index contributed by atoms with van der Waals surface area (Å²) in [5.74, 6) is 0.949. The molecular weight excluding hydrogens is 410 g/mol. The number of aromatic nitrogens is 3. The van der Waals surface area contributed by atoms with Gasteiger partial charge in [-0.05, 0) is 35.9 Å². The highest BCUT2D eigenvalue weighted by atomic mass is 32.1. The molecule has 2 aliphatic rings. The smallest absolute Gasteiger partial charge is 0.254 e. The van der Waals surface area contributed by atoms with Crippen molar-refractivity contribution in [1.29, 1.82) is 0 Å². The molecule has 160 valence electrons. The molecule has 3 aromatic rings. The van der Waals surface area contributed by atoms with Gasteiger partial charge in [0.2, 0.25) is 5.91 Å². The van der Waals surface area contributed by atoms with Crippen molar-refractivity contribution in [3.8, 4) is 0 Å². The van der Waals surface area contributed by atoms with Gasteiger partial charge in [-0.2, -0.15) is 0 Å². The highest BCUT2D eigenvalue weighted by Gasteiger charge is 2.30. The summed E-state index contributed by atoms with van der Waals surface area (Å²) in [5, 5.41) is 1.99. The maximum atomic E-state index is 12.7. The van der Waals surface area contributed by atoms with Gasteiger partial charge in [-0.1, -0.05) is 12.1 Å². The molecule has 0 spiro atoms. The summed E-state index contributed by atoms with van der Waals surface area (Å²) in [4.78, 5) is 42.7. The number of carbonyl (C=O) groups excluding carboxylic acids is 1. The average molecular weight is 436 g/mol. The maximum Gasteiger partial charge on any atom is 0.254 e. The van der Waals surface area contributed by atoms with Gasteiger partial charge in [0.25, 0.3) is 5.56 Å². The van der Waals surface area contributed by atoms with Gasteiger partial charge in [0.05, 0.1) is 12.1 Å². The zero-order chi connectivity index (χ0) is 21.2. The van der Waals surface area contributed by atoms with Gasteiger partial charge in [0.1, 0.15) is 5.82 Å². The van der Waals surface area contributed by atoms with Crippen LogP contribution in [-0.2, 0) is 30.7 Å². The first-order chi connectivity index (χ1) is 15.2. The van der Waals surface area contributed by atoms with Gasteiger partial charge >= 0.3 is 0 Å². The van der Waals surface area contributed by atoms with Gasteiger partial charge in [0, 0.05) is 61.5 Å². The molecule has 1 amide bonds. The average Bonchev–Trinajstić information content (AvgIpc) is 3.46. The van der Waals surface area contributed by atoms with E-state index in [2.05, 4.69) is 20.9 Å². The summed E-state index contributed by atoms with van der Waals surface area (Å²) >= 11 is 1.61. The van der Waals surface area contributed by atoms with Gasteiger partial charge < -0.3 is 9.88 Å². The number of fused-ring (bicyclic) bond motifs is 1. The fourth-order valence-corrected chi connectivity index (χ4v) is 5.17. The fraction of sp³-hybridized carbons (Fsp3) is 0.391. The van der Waals surface area contributed by atoms with Crippen molar-refractivity contribution in [3.63, 3.8) is 0 Å². The molecule has 7 nitrogen and oxygen atoms in total. The molecule has 1 saturated heterocycles. The second-order valence-electron chi connectivity index (χ2n) is 8.28. The molecule has 0 aromatic carbocycles. The predicted octanol–water partition coefficient (Wildman–Crippen LogP) is 2.34. The molecular formula is C23H25N5O2S. The largest absolute Gasteiger partial charge is 0.342 e. The standard InChI is InChI=1S/C23H25N5O2S/c29-21(11-18-4-2-10-31-18)28-9-5-17(14-28)22-25-20-15-27(8-6-19(20)23(30)26-22)13-16-3-1-7-24-12-16/h1-4,7,10,12,17H,5-6,8-9,11,13-15H2,(H,25,26,30)/t17-/m1/s1. The Labute approximate surface area is 184 Å². The van der Waals surface area contributed by atoms with Crippen molar-refractivity contribution in [2.45, 2.75) is 38.3 Å². The zero-order valence-electron chi connectivity index (χ0n) is 17.3. The van der Waals surface area contributed by atoms with Crippen molar-refractivity contribution in [1.82, 2.24) is 24.8 Å². The van der Waals surface area contributed by atoms with Crippen molar-refractivity contribution in [2.24, 2.45) is 0 Å². The van der Waals surface area contributed by atoms with Crippen molar-refractivity contribution < 1.29 is 4.79 Å². The van der Waals surface area contributed by atoms with Crippen molar-refractivity contribution in [2.75, 3.05) is 19.6 Å². The number of likely N-dealkylation sites (tertiary alicyclic amines) is 1. The molecule has 2 aliphatic heterocycles. The van der Waals surface area contributed by atoms with E-state index >= 15 is 0 Å². The second kappa shape index (κ2) is 8.72. The van der Waals surface area contributed by atoms with Crippen LogP contribution in [0.1, 0.15) is 39.9 Å². The van der Waals surface area contributed by atoms with Crippen molar-refractivity contribution >= 4 is 17.2 Å². The first-order valence-electron chi connectivity index (χ1n) is 10.7. The number of H-pyrrole nitrogens is 1. The number of nitrogens with zero attached hydrogens (tertiary/aromatic N) is 4. The third-order valence-electron chi connectivity index (χ3n) is 6.13. The Balaban J connectivity index is 1.28. The number of rotatable bonds is 5. The van der Waals surface area contributed by atoms with Gasteiger partial charge in [-0.25, -0.2) is 4.98 Å². The number of nitrogens with one attached hydrogen (secondary N) is 1. The molecule has 3 aromatic heterocycles. The van der Waals surface area contributed by atoms with E-state index in [1.807, 2.05) is 34.7 Å². The topological polar surface area (TPSA) is 82.2 Å². The van der Waals surface area contributed by atoms with Crippen LogP contribution < -0.4 is 5.56 Å². The molecule has 1 atom stereocenters. The third kappa shape index (κ3) is 4.45. The van der Waals surface area contributed by atoms with E-state index in [1.165, 1.54) is 0 Å². The lowest BCUT2D eigenvalue weighted by atomic mass is 10.0. The van der Waals surface area contributed by atoms with Crippen molar-refractivity contribution in [3.05, 3.63) is 79.9 Å². The molecule has 0 radical (unpaired) electrons. The minimum Gasteiger partial charge on any atom is -0.342 e. The summed E-state index contributed by atoms with van der Waals surface area (Å²) < 4.78 is 0. The van der Waals surface area contributed by atoms with Gasteiger partial charge in [-0.3, -0.25) is 19.5 Å². The van der Waals surface area contributed by atoms with Crippen LogP contribution in [0.2, 0.25) is 0 Å². The van der Waals surface area contributed by atoms with Crippen LogP contribution in [0.3, 0.4) is 0 Å². The summed E-state index contributed by atoms with van der Waals surface area (Å²) in [6.45, 7) is 3.62. The number of hydrogen-bond donors (Lipinski definition) is 1. The van der Waals surface area contributed by atoms with E-state index in [1.54, 1.807) is 17.5 Å². The first-order valence-corrected chi connectivity index (χ1v) is 11.6. The lowest BCUT2D eigenvalue weighted by molar-refractivity contribution is -0.129. The van der Waals surface area contributed by atoms with Gasteiger partial charge in [0.15, 0.2) is 0 Å². The van der Waals surface area contributed by atoms with Crippen LogP contribution in [-0.4, -0.2) is 50.3 Å². The van der Waals surface area contributed by atoms with E-state index in [-0.39, 0.29) is 17.4 Å². The van der Waals surface area contributed by atoms with Crippen LogP contribution >= 0.6 is 11.3 Å². The van der Waals surface area contributed by atoms with E-state index in [0.29, 0.717) is 32.5 Å². The summed E-state index contributed by atoms with van der Waals surface area (Å²) in [7, 11) is 0. The van der Waals surface area contributed by atoms with E-state index < -0.39 is 0 Å². The lowest BCUT2D eigenvalue weighted by Crippen LogP contribution is -2.36. The Kier molecular flexibility index (Phi) is 5.65. The Morgan fingerprint density at radius 1 is 1.26 bits per heavy atom. The van der Waals surface area contributed by atoms with E-state index in [0.717, 1.165) is 47.0 Å². The molecule has 5 heterocycles. The molecule has 0 bridgehead atoms. The number of amides is 1. The lowest BCUT2D eigenvalue weighted by Gasteiger charge is -2.28. The minimum absolute atomic E-state index is 0.0237. The Hall–Kier alpha value is -2.84. The van der Waals surface area contributed by atoms with E-state index in [9.17, 15) is 9.59 Å². The Morgan fingerprint density at radius 2 is 2.19 bits per heavy atom. The zero-order valence-corrected chi connectivity index (χ0v) is 18.1. The van der Waals surface area contributed by atoms with Crippen LogP contribution in [0.25, 0.3) is 0 Å². The molecule has 0 saturated carbocycles. The van der Waals surface area contributed by atoms with E-state index in [4.69, 9.17) is 4.98 Å². The second-order valence-corrected chi connectivity index (χ2v) is 9.31. The van der Waals surface area contributed by atoms with Crippen LogP contribution in [0, 0.1) is 0 Å². The molecule has 1 N–H and O–H groups in total. The number of carbonyl (C=O) groups is 1. The molecule has 1 fully saturated rings. The van der Waals surface area contributed by atoms with Crippen LogP contribution in [0.15, 0.2) is 46.8 Å². The number of hydrogen-bond acceptors (Lipinski definition) is 6. The van der Waals surface area contributed by atoms with Crippen LogP contribution in [0.4, 0.5) is 0 Å². The normalized spacial score (nSPS) is 18.8. The minimum atomic E-state index is -0.0237. The molecule has 0 aliphatic carbocycles. The van der Waals surface area contributed by atoms with Gasteiger partial charge in [-0.15, -0.1) is 11.3 Å².